The van der Waals surface area contributed by atoms with Gasteiger partial charge in [-0.25, -0.2) is 18.1 Å². The Balaban J connectivity index is 1.49. The van der Waals surface area contributed by atoms with E-state index in [-0.39, 0.29) is 5.25 Å². The van der Waals surface area contributed by atoms with Crippen molar-refractivity contribution < 1.29 is 8.42 Å². The molecule has 1 aliphatic carbocycles. The molecule has 2 fully saturated rings. The normalized spacial score (nSPS) is 23.6. The quantitative estimate of drug-likeness (QED) is 0.803. The van der Waals surface area contributed by atoms with E-state index in [2.05, 4.69) is 14.6 Å². The van der Waals surface area contributed by atoms with Crippen LogP contribution in [-0.4, -0.2) is 43.2 Å². The SMILES string of the molecule is O=S(=O)(NCC1CCCN(Cc2ccc(Cl)nc2)C1)C1CC1. The van der Waals surface area contributed by atoms with Gasteiger partial charge in [-0.05, 0) is 49.8 Å². The smallest absolute Gasteiger partial charge is 0.214 e. The molecule has 1 aromatic rings. The first-order valence-corrected chi connectivity index (χ1v) is 9.76. The molecule has 1 unspecified atom stereocenters. The topological polar surface area (TPSA) is 62.3 Å². The first-order chi connectivity index (χ1) is 10.5. The lowest BCUT2D eigenvalue weighted by Crippen LogP contribution is -2.41. The molecule has 2 aliphatic rings. The zero-order valence-electron chi connectivity index (χ0n) is 12.5. The number of likely N-dealkylation sites (tertiary alicyclic amines) is 1. The van der Waals surface area contributed by atoms with Gasteiger partial charge in [-0.1, -0.05) is 17.7 Å². The van der Waals surface area contributed by atoms with Crippen LogP contribution in [0.25, 0.3) is 0 Å². The standard InChI is InChI=1S/C15H22ClN3O2S/c16-15-6-3-13(8-17-15)11-19-7-1-2-12(10-19)9-18-22(20,21)14-4-5-14/h3,6,8,12,14,18H,1-2,4-5,7,9-11H2. The fourth-order valence-corrected chi connectivity index (χ4v) is 4.52. The highest BCUT2D eigenvalue weighted by Gasteiger charge is 2.35. The second-order valence-electron chi connectivity index (χ2n) is 6.33. The minimum Gasteiger partial charge on any atom is -0.299 e. The van der Waals surface area contributed by atoms with Crippen molar-refractivity contribution in [1.82, 2.24) is 14.6 Å². The average molecular weight is 344 g/mol. The van der Waals surface area contributed by atoms with E-state index in [0.29, 0.717) is 17.6 Å². The van der Waals surface area contributed by atoms with Crippen LogP contribution in [0.3, 0.4) is 0 Å². The summed E-state index contributed by atoms with van der Waals surface area (Å²) in [6.07, 6.45) is 5.63. The third-order valence-electron chi connectivity index (χ3n) is 4.33. The van der Waals surface area contributed by atoms with E-state index in [4.69, 9.17) is 11.6 Å². The Labute approximate surface area is 137 Å². The van der Waals surface area contributed by atoms with Crippen LogP contribution < -0.4 is 4.72 Å². The maximum Gasteiger partial charge on any atom is 0.214 e. The molecule has 1 N–H and O–H groups in total. The lowest BCUT2D eigenvalue weighted by atomic mass is 9.98. The Kier molecular flexibility index (Phi) is 5.02. The summed E-state index contributed by atoms with van der Waals surface area (Å²) in [5.41, 5.74) is 1.14. The Bertz CT molecular complexity index is 602. The van der Waals surface area contributed by atoms with E-state index in [1.807, 2.05) is 18.3 Å². The minimum atomic E-state index is -3.06. The average Bonchev–Trinajstić information content (AvgIpc) is 3.33. The van der Waals surface area contributed by atoms with Gasteiger partial charge in [0, 0.05) is 25.8 Å². The predicted molar refractivity (Wildman–Crippen MR) is 87.2 cm³/mol. The Hall–Kier alpha value is -0.690. The summed E-state index contributed by atoms with van der Waals surface area (Å²) in [7, 11) is -3.06. The van der Waals surface area contributed by atoms with Crippen LogP contribution in [0.1, 0.15) is 31.2 Å². The predicted octanol–water partition coefficient (Wildman–Crippen LogP) is 2.03. The molecule has 0 aromatic carbocycles. The zero-order chi connectivity index (χ0) is 15.6. The number of sulfonamides is 1. The molecule has 0 amide bonds. The fourth-order valence-electron chi connectivity index (χ4n) is 2.95. The van der Waals surface area contributed by atoms with Crippen LogP contribution in [0.5, 0.6) is 0 Å². The van der Waals surface area contributed by atoms with Gasteiger partial charge in [0.25, 0.3) is 0 Å². The van der Waals surface area contributed by atoms with Crippen LogP contribution in [-0.2, 0) is 16.6 Å². The molecule has 0 bridgehead atoms. The largest absolute Gasteiger partial charge is 0.299 e. The first-order valence-electron chi connectivity index (χ1n) is 7.84. The molecule has 1 saturated carbocycles. The summed E-state index contributed by atoms with van der Waals surface area (Å²) in [5, 5.41) is 0.377. The highest BCUT2D eigenvalue weighted by atomic mass is 35.5. The molecule has 1 saturated heterocycles. The summed E-state index contributed by atoms with van der Waals surface area (Å²) in [4.78, 5) is 6.47. The lowest BCUT2D eigenvalue weighted by molar-refractivity contribution is 0.168. The van der Waals surface area contributed by atoms with Gasteiger partial charge >= 0.3 is 0 Å². The van der Waals surface area contributed by atoms with Crippen molar-refractivity contribution in [3.05, 3.63) is 29.0 Å². The molecule has 7 heteroatoms. The lowest BCUT2D eigenvalue weighted by Gasteiger charge is -2.32. The number of pyridine rings is 1. The number of rotatable bonds is 6. The molecule has 1 atom stereocenters. The van der Waals surface area contributed by atoms with E-state index in [1.54, 1.807) is 0 Å². The van der Waals surface area contributed by atoms with Crippen molar-refractivity contribution in [2.75, 3.05) is 19.6 Å². The molecule has 0 spiro atoms. The van der Waals surface area contributed by atoms with Gasteiger partial charge in [-0.15, -0.1) is 0 Å². The summed E-state index contributed by atoms with van der Waals surface area (Å²) >= 11 is 5.80. The van der Waals surface area contributed by atoms with Gasteiger partial charge in [-0.2, -0.15) is 0 Å². The first kappa shape index (κ1) is 16.2. The minimum absolute atomic E-state index is 0.132. The number of halogens is 1. The second kappa shape index (κ2) is 6.83. The third kappa shape index (κ3) is 4.41. The molecule has 3 rings (SSSR count). The van der Waals surface area contributed by atoms with Crippen molar-refractivity contribution in [2.45, 2.75) is 37.5 Å². The van der Waals surface area contributed by atoms with E-state index in [9.17, 15) is 8.42 Å². The van der Waals surface area contributed by atoms with Gasteiger partial charge in [0.05, 0.1) is 5.25 Å². The van der Waals surface area contributed by atoms with Crippen LogP contribution >= 0.6 is 11.6 Å². The molecule has 22 heavy (non-hydrogen) atoms. The molecular weight excluding hydrogens is 322 g/mol. The van der Waals surface area contributed by atoms with Crippen molar-refractivity contribution in [1.29, 1.82) is 0 Å². The number of aromatic nitrogens is 1. The maximum absolute atomic E-state index is 11.9. The number of hydrogen-bond donors (Lipinski definition) is 1. The van der Waals surface area contributed by atoms with Crippen molar-refractivity contribution in [3.63, 3.8) is 0 Å². The zero-order valence-corrected chi connectivity index (χ0v) is 14.1. The van der Waals surface area contributed by atoms with Gasteiger partial charge in [0.2, 0.25) is 10.0 Å². The third-order valence-corrected chi connectivity index (χ3v) is 6.48. The summed E-state index contributed by atoms with van der Waals surface area (Å²) in [6.45, 7) is 3.38. The maximum atomic E-state index is 11.9. The summed E-state index contributed by atoms with van der Waals surface area (Å²) in [5.74, 6) is 0.391. The molecule has 0 radical (unpaired) electrons. The van der Waals surface area contributed by atoms with Crippen LogP contribution in [0.4, 0.5) is 0 Å². The fraction of sp³-hybridized carbons (Fsp3) is 0.667. The van der Waals surface area contributed by atoms with E-state index in [0.717, 1.165) is 50.9 Å². The summed E-state index contributed by atoms with van der Waals surface area (Å²) < 4.78 is 26.6. The second-order valence-corrected chi connectivity index (χ2v) is 8.76. The van der Waals surface area contributed by atoms with Crippen molar-refractivity contribution in [2.24, 2.45) is 5.92 Å². The monoisotopic (exact) mass is 343 g/mol. The van der Waals surface area contributed by atoms with Crippen molar-refractivity contribution in [3.8, 4) is 0 Å². The molecule has 1 aromatic heterocycles. The van der Waals surface area contributed by atoms with Crippen LogP contribution in [0.2, 0.25) is 5.15 Å². The van der Waals surface area contributed by atoms with Gasteiger partial charge in [0.1, 0.15) is 5.15 Å². The van der Waals surface area contributed by atoms with E-state index >= 15 is 0 Å². The molecule has 5 nitrogen and oxygen atoms in total. The number of piperidine rings is 1. The van der Waals surface area contributed by atoms with Gasteiger partial charge in [0.15, 0.2) is 0 Å². The Morgan fingerprint density at radius 2 is 2.14 bits per heavy atom. The van der Waals surface area contributed by atoms with Crippen molar-refractivity contribution >= 4 is 21.6 Å². The van der Waals surface area contributed by atoms with Gasteiger partial charge in [-0.3, -0.25) is 4.90 Å². The molecule has 1 aliphatic heterocycles. The van der Waals surface area contributed by atoms with E-state index < -0.39 is 10.0 Å². The Morgan fingerprint density at radius 1 is 1.32 bits per heavy atom. The Morgan fingerprint density at radius 3 is 2.82 bits per heavy atom. The highest BCUT2D eigenvalue weighted by Crippen LogP contribution is 2.27. The number of nitrogens with zero attached hydrogens (tertiary/aromatic N) is 2. The molecular formula is C15H22ClN3O2S. The molecule has 2 heterocycles. The molecule has 122 valence electrons. The van der Waals surface area contributed by atoms with Crippen LogP contribution in [0.15, 0.2) is 18.3 Å². The van der Waals surface area contributed by atoms with Gasteiger partial charge < -0.3 is 0 Å². The van der Waals surface area contributed by atoms with E-state index in [1.165, 1.54) is 0 Å². The summed E-state index contributed by atoms with van der Waals surface area (Å²) in [6, 6.07) is 3.80. The number of hydrogen-bond acceptors (Lipinski definition) is 4. The number of nitrogens with one attached hydrogen (secondary N) is 1. The van der Waals surface area contributed by atoms with Crippen LogP contribution in [0, 0.1) is 5.92 Å². The highest BCUT2D eigenvalue weighted by molar-refractivity contribution is 7.90.